The molecule has 3 N–H and O–H groups in total. The molecule has 0 heterocycles. The van der Waals surface area contributed by atoms with E-state index in [1.54, 1.807) is 0 Å². The molecule has 0 radical (unpaired) electrons. The minimum Gasteiger partial charge on any atom is -0.271 e. The molecule has 1 aromatic carbocycles. The number of nitrogens with two attached hydrogens (primary N) is 1. The molecule has 0 fully saturated rings. The Morgan fingerprint density at radius 3 is 2.33 bits per heavy atom. The molecule has 3 heteroatoms. The molecule has 0 bridgehead atoms. The lowest BCUT2D eigenvalue weighted by Gasteiger charge is -2.19. The van der Waals surface area contributed by atoms with Crippen LogP contribution in [0.5, 0.6) is 0 Å². The highest BCUT2D eigenvalue weighted by atomic mass is 32.2. The number of benzene rings is 1. The molecule has 1 unspecified atom stereocenters. The van der Waals surface area contributed by atoms with Crippen molar-refractivity contribution in [1.82, 2.24) is 5.43 Å². The van der Waals surface area contributed by atoms with Gasteiger partial charge in [-0.25, -0.2) is 0 Å². The Morgan fingerprint density at radius 2 is 1.87 bits per heavy atom. The Labute approximate surface area is 96.6 Å². The van der Waals surface area contributed by atoms with Crippen LogP contribution in [0.4, 0.5) is 0 Å². The number of rotatable bonds is 5. The van der Waals surface area contributed by atoms with Crippen LogP contribution >= 0.6 is 11.8 Å². The smallest absolute Gasteiger partial charge is 0.0327 e. The van der Waals surface area contributed by atoms with Gasteiger partial charge in [0.2, 0.25) is 0 Å². The molecule has 1 atom stereocenters. The standard InChI is InChI=1S/C12H20N2S/c1-9(2)12(14-13)8-15-11-6-4-10(3)5-7-11/h4-7,9,12,14H,8,13H2,1-3H3. The lowest BCUT2D eigenvalue weighted by atomic mass is 10.1. The van der Waals surface area contributed by atoms with Gasteiger partial charge < -0.3 is 0 Å². The molecule has 0 aliphatic rings. The fraction of sp³-hybridized carbons (Fsp3) is 0.500. The van der Waals surface area contributed by atoms with Gasteiger partial charge in [-0.05, 0) is 25.0 Å². The van der Waals surface area contributed by atoms with E-state index in [0.717, 1.165) is 5.75 Å². The second kappa shape index (κ2) is 6.16. The normalized spacial score (nSPS) is 13.1. The number of aryl methyl sites for hydroxylation is 1. The number of hydrogen-bond acceptors (Lipinski definition) is 3. The predicted octanol–water partition coefficient (Wildman–Crippen LogP) is 2.58. The van der Waals surface area contributed by atoms with E-state index in [2.05, 4.69) is 50.5 Å². The van der Waals surface area contributed by atoms with Crippen molar-refractivity contribution in [2.45, 2.75) is 31.7 Å². The third-order valence-corrected chi connectivity index (χ3v) is 3.60. The van der Waals surface area contributed by atoms with Crippen LogP contribution < -0.4 is 11.3 Å². The van der Waals surface area contributed by atoms with Crippen molar-refractivity contribution >= 4 is 11.8 Å². The highest BCUT2D eigenvalue weighted by molar-refractivity contribution is 7.99. The van der Waals surface area contributed by atoms with Crippen LogP contribution in [-0.4, -0.2) is 11.8 Å². The van der Waals surface area contributed by atoms with Gasteiger partial charge in [-0.3, -0.25) is 11.3 Å². The second-order valence-electron chi connectivity index (χ2n) is 4.14. The highest BCUT2D eigenvalue weighted by Crippen LogP contribution is 2.20. The van der Waals surface area contributed by atoms with E-state index in [-0.39, 0.29) is 0 Å². The summed E-state index contributed by atoms with van der Waals surface area (Å²) in [5.74, 6) is 7.07. The van der Waals surface area contributed by atoms with Crippen LogP contribution in [0.25, 0.3) is 0 Å². The van der Waals surface area contributed by atoms with Crippen LogP contribution in [0.2, 0.25) is 0 Å². The van der Waals surface area contributed by atoms with Gasteiger partial charge in [-0.15, -0.1) is 11.8 Å². The Balaban J connectivity index is 2.45. The van der Waals surface area contributed by atoms with Crippen molar-refractivity contribution in [3.63, 3.8) is 0 Å². The van der Waals surface area contributed by atoms with Crippen molar-refractivity contribution in [2.24, 2.45) is 11.8 Å². The summed E-state index contributed by atoms with van der Waals surface area (Å²) in [7, 11) is 0. The van der Waals surface area contributed by atoms with Crippen LogP contribution in [0.1, 0.15) is 19.4 Å². The van der Waals surface area contributed by atoms with Crippen molar-refractivity contribution in [3.8, 4) is 0 Å². The van der Waals surface area contributed by atoms with Gasteiger partial charge in [0.15, 0.2) is 0 Å². The third kappa shape index (κ3) is 4.24. The fourth-order valence-corrected chi connectivity index (χ4v) is 2.44. The third-order valence-electron chi connectivity index (χ3n) is 2.47. The van der Waals surface area contributed by atoms with Gasteiger partial charge in [0.05, 0.1) is 0 Å². The summed E-state index contributed by atoms with van der Waals surface area (Å²) in [5, 5.41) is 0. The summed E-state index contributed by atoms with van der Waals surface area (Å²) in [5.41, 5.74) is 4.16. The van der Waals surface area contributed by atoms with Gasteiger partial charge in [0.1, 0.15) is 0 Å². The van der Waals surface area contributed by atoms with E-state index in [0.29, 0.717) is 12.0 Å². The van der Waals surface area contributed by atoms with Gasteiger partial charge in [-0.1, -0.05) is 31.5 Å². The Kier molecular flexibility index (Phi) is 5.15. The van der Waals surface area contributed by atoms with E-state index in [9.17, 15) is 0 Å². The van der Waals surface area contributed by atoms with E-state index in [4.69, 9.17) is 5.84 Å². The number of hydrazine groups is 1. The maximum absolute atomic E-state index is 5.50. The molecule has 0 spiro atoms. The molecular formula is C12H20N2S. The first kappa shape index (κ1) is 12.6. The monoisotopic (exact) mass is 224 g/mol. The minimum absolute atomic E-state index is 0.372. The summed E-state index contributed by atoms with van der Waals surface area (Å²) < 4.78 is 0. The fourth-order valence-electron chi connectivity index (χ4n) is 1.25. The first-order chi connectivity index (χ1) is 7.13. The summed E-state index contributed by atoms with van der Waals surface area (Å²) >= 11 is 1.85. The summed E-state index contributed by atoms with van der Waals surface area (Å²) in [6.45, 7) is 6.47. The van der Waals surface area contributed by atoms with E-state index in [1.807, 2.05) is 11.8 Å². The van der Waals surface area contributed by atoms with E-state index < -0.39 is 0 Å². The Hall–Kier alpha value is -0.510. The lowest BCUT2D eigenvalue weighted by Crippen LogP contribution is -2.40. The van der Waals surface area contributed by atoms with Crippen molar-refractivity contribution < 1.29 is 0 Å². The topological polar surface area (TPSA) is 38.0 Å². The maximum atomic E-state index is 5.50. The molecule has 0 aliphatic heterocycles. The SMILES string of the molecule is Cc1ccc(SCC(NN)C(C)C)cc1. The predicted molar refractivity (Wildman–Crippen MR) is 67.9 cm³/mol. The van der Waals surface area contributed by atoms with Crippen molar-refractivity contribution in [2.75, 3.05) is 5.75 Å². The first-order valence-electron chi connectivity index (χ1n) is 5.29. The Bertz CT molecular complexity index is 282. The number of thioether (sulfide) groups is 1. The van der Waals surface area contributed by atoms with E-state index >= 15 is 0 Å². The molecule has 1 aromatic rings. The molecule has 15 heavy (non-hydrogen) atoms. The summed E-state index contributed by atoms with van der Waals surface area (Å²) in [6, 6.07) is 8.98. The zero-order valence-corrected chi connectivity index (χ0v) is 10.5. The second-order valence-corrected chi connectivity index (χ2v) is 5.23. The zero-order chi connectivity index (χ0) is 11.3. The van der Waals surface area contributed by atoms with E-state index in [1.165, 1.54) is 10.5 Å². The highest BCUT2D eigenvalue weighted by Gasteiger charge is 2.11. The average Bonchev–Trinajstić information content (AvgIpc) is 2.21. The minimum atomic E-state index is 0.372. The van der Waals surface area contributed by atoms with Crippen molar-refractivity contribution in [1.29, 1.82) is 0 Å². The molecule has 0 aliphatic carbocycles. The summed E-state index contributed by atoms with van der Waals surface area (Å²) in [4.78, 5) is 1.31. The molecule has 84 valence electrons. The molecular weight excluding hydrogens is 204 g/mol. The van der Waals surface area contributed by atoms with Crippen LogP contribution in [-0.2, 0) is 0 Å². The van der Waals surface area contributed by atoms with Crippen LogP contribution in [0.15, 0.2) is 29.2 Å². The molecule has 0 saturated heterocycles. The molecule has 2 nitrogen and oxygen atoms in total. The lowest BCUT2D eigenvalue weighted by molar-refractivity contribution is 0.443. The van der Waals surface area contributed by atoms with Crippen LogP contribution in [0, 0.1) is 12.8 Å². The zero-order valence-electron chi connectivity index (χ0n) is 9.66. The van der Waals surface area contributed by atoms with Gasteiger partial charge in [0.25, 0.3) is 0 Å². The average molecular weight is 224 g/mol. The molecule has 0 saturated carbocycles. The van der Waals surface area contributed by atoms with Gasteiger partial charge in [-0.2, -0.15) is 0 Å². The molecule has 0 aromatic heterocycles. The number of nitrogens with one attached hydrogen (secondary N) is 1. The first-order valence-corrected chi connectivity index (χ1v) is 6.27. The Morgan fingerprint density at radius 1 is 1.27 bits per heavy atom. The largest absolute Gasteiger partial charge is 0.271 e. The number of hydrogen-bond donors (Lipinski definition) is 2. The quantitative estimate of drug-likeness (QED) is 0.458. The van der Waals surface area contributed by atoms with Crippen LogP contribution in [0.3, 0.4) is 0 Å². The van der Waals surface area contributed by atoms with Gasteiger partial charge in [0, 0.05) is 16.7 Å². The molecule has 1 rings (SSSR count). The molecule has 0 amide bonds. The van der Waals surface area contributed by atoms with Crippen molar-refractivity contribution in [3.05, 3.63) is 29.8 Å². The van der Waals surface area contributed by atoms with Gasteiger partial charge >= 0.3 is 0 Å². The summed E-state index contributed by atoms with van der Waals surface area (Å²) in [6.07, 6.45) is 0. The maximum Gasteiger partial charge on any atom is 0.0327 e.